The van der Waals surface area contributed by atoms with Crippen LogP contribution in [0, 0.1) is 13.8 Å². The van der Waals surface area contributed by atoms with Crippen LogP contribution in [0.2, 0.25) is 0 Å². The second kappa shape index (κ2) is 8.43. The second-order valence-corrected chi connectivity index (χ2v) is 8.68. The Labute approximate surface area is 182 Å². The summed E-state index contributed by atoms with van der Waals surface area (Å²) >= 11 is 0. The molecule has 2 saturated heterocycles. The van der Waals surface area contributed by atoms with Gasteiger partial charge in [-0.2, -0.15) is 0 Å². The molecular weight excluding hydrogens is 396 g/mol. The highest BCUT2D eigenvalue weighted by Gasteiger charge is 2.58. The van der Waals surface area contributed by atoms with E-state index in [9.17, 15) is 9.59 Å². The largest absolute Gasteiger partial charge is 0.361 e. The summed E-state index contributed by atoms with van der Waals surface area (Å²) in [6.45, 7) is 6.42. The molecule has 31 heavy (non-hydrogen) atoms. The van der Waals surface area contributed by atoms with E-state index in [0.717, 1.165) is 12.1 Å². The Hall–Kier alpha value is -2.71. The van der Waals surface area contributed by atoms with Gasteiger partial charge < -0.3 is 24.0 Å². The average molecular weight is 427 g/mol. The number of ether oxygens (including phenoxy) is 1. The Morgan fingerprint density at radius 2 is 2.00 bits per heavy atom. The van der Waals surface area contributed by atoms with Crippen LogP contribution in [0.25, 0.3) is 0 Å². The Kier molecular flexibility index (Phi) is 5.85. The van der Waals surface area contributed by atoms with E-state index < -0.39 is 5.60 Å². The number of hydrogen-bond donors (Lipinski definition) is 0. The standard InChI is InChI=1S/C23H30N4O4/c1-16-20(17(2)31-24-16)21(28)27-12-13-30-23(15-27)19(18-8-6-5-7-9-18)14-26(22(23)29)11-10-25(3)4/h5-9,19H,10-15H2,1-4H3/t19-,23-/m0/s1. The third-order valence-electron chi connectivity index (χ3n) is 6.32. The highest BCUT2D eigenvalue weighted by molar-refractivity contribution is 5.97. The fourth-order valence-electron chi connectivity index (χ4n) is 4.65. The number of hydrogen-bond acceptors (Lipinski definition) is 6. The van der Waals surface area contributed by atoms with Gasteiger partial charge in [0.25, 0.3) is 11.8 Å². The van der Waals surface area contributed by atoms with Crippen molar-refractivity contribution in [2.45, 2.75) is 25.4 Å². The van der Waals surface area contributed by atoms with Gasteiger partial charge in [0, 0.05) is 32.1 Å². The highest BCUT2D eigenvalue weighted by atomic mass is 16.5. The Morgan fingerprint density at radius 3 is 2.65 bits per heavy atom. The number of amides is 2. The maximum absolute atomic E-state index is 13.7. The molecule has 2 atom stereocenters. The van der Waals surface area contributed by atoms with Crippen molar-refractivity contribution in [3.63, 3.8) is 0 Å². The van der Waals surface area contributed by atoms with E-state index in [2.05, 4.69) is 10.1 Å². The van der Waals surface area contributed by atoms with Crippen LogP contribution >= 0.6 is 0 Å². The minimum absolute atomic E-state index is 0.0422. The minimum Gasteiger partial charge on any atom is -0.361 e. The molecule has 2 fully saturated rings. The summed E-state index contributed by atoms with van der Waals surface area (Å²) in [6.07, 6.45) is 0. The summed E-state index contributed by atoms with van der Waals surface area (Å²) in [7, 11) is 3.98. The van der Waals surface area contributed by atoms with E-state index >= 15 is 0 Å². The van der Waals surface area contributed by atoms with Crippen molar-refractivity contribution in [1.82, 2.24) is 19.9 Å². The SMILES string of the molecule is Cc1noc(C)c1C(=O)N1CCO[C@]2(C1)C(=O)N(CCN(C)C)C[C@H]2c1ccccc1. The Morgan fingerprint density at radius 1 is 1.26 bits per heavy atom. The van der Waals surface area contributed by atoms with Gasteiger partial charge in [0.2, 0.25) is 0 Å². The monoisotopic (exact) mass is 426 g/mol. The van der Waals surface area contributed by atoms with Gasteiger partial charge in [0.05, 0.1) is 18.8 Å². The van der Waals surface area contributed by atoms with E-state index in [0.29, 0.717) is 43.3 Å². The second-order valence-electron chi connectivity index (χ2n) is 8.68. The molecule has 2 aliphatic heterocycles. The molecule has 0 unspecified atom stereocenters. The molecule has 0 aliphatic carbocycles. The Balaban J connectivity index is 1.67. The van der Waals surface area contributed by atoms with E-state index in [1.165, 1.54) is 0 Å². The van der Waals surface area contributed by atoms with Crippen molar-refractivity contribution in [3.05, 3.63) is 52.9 Å². The molecule has 8 heteroatoms. The van der Waals surface area contributed by atoms with Crippen LogP contribution in [0.3, 0.4) is 0 Å². The summed E-state index contributed by atoms with van der Waals surface area (Å²) in [5, 5.41) is 3.92. The van der Waals surface area contributed by atoms with Gasteiger partial charge in [0.1, 0.15) is 11.3 Å². The van der Waals surface area contributed by atoms with Crippen LogP contribution in [-0.4, -0.2) is 90.7 Å². The number of carbonyl (C=O) groups excluding carboxylic acids is 2. The normalized spacial score (nSPS) is 23.9. The zero-order valence-corrected chi connectivity index (χ0v) is 18.6. The molecule has 0 radical (unpaired) electrons. The highest BCUT2D eigenvalue weighted by Crippen LogP contribution is 2.42. The molecule has 166 valence electrons. The molecule has 1 aromatic heterocycles. The summed E-state index contributed by atoms with van der Waals surface area (Å²) in [6, 6.07) is 9.99. The van der Waals surface area contributed by atoms with Gasteiger partial charge in [-0.3, -0.25) is 9.59 Å². The number of nitrogens with zero attached hydrogens (tertiary/aromatic N) is 4. The van der Waals surface area contributed by atoms with Crippen LogP contribution < -0.4 is 0 Å². The molecule has 1 spiro atoms. The number of carbonyl (C=O) groups is 2. The Bertz CT molecular complexity index is 938. The fourth-order valence-corrected chi connectivity index (χ4v) is 4.65. The van der Waals surface area contributed by atoms with E-state index in [-0.39, 0.29) is 24.3 Å². The topological polar surface area (TPSA) is 79.1 Å². The zero-order chi connectivity index (χ0) is 22.2. The predicted molar refractivity (Wildman–Crippen MR) is 115 cm³/mol. The molecule has 0 saturated carbocycles. The smallest absolute Gasteiger partial charge is 0.259 e. The first-order valence-electron chi connectivity index (χ1n) is 10.7. The van der Waals surface area contributed by atoms with E-state index in [4.69, 9.17) is 9.26 Å². The molecule has 8 nitrogen and oxygen atoms in total. The molecule has 2 aromatic rings. The van der Waals surface area contributed by atoms with Gasteiger partial charge in [-0.1, -0.05) is 35.5 Å². The lowest BCUT2D eigenvalue weighted by atomic mass is 9.83. The summed E-state index contributed by atoms with van der Waals surface area (Å²) < 4.78 is 11.5. The number of aryl methyl sites for hydroxylation is 2. The van der Waals surface area contributed by atoms with Crippen molar-refractivity contribution >= 4 is 11.8 Å². The number of rotatable bonds is 5. The third kappa shape index (κ3) is 3.85. The molecule has 0 bridgehead atoms. The lowest BCUT2D eigenvalue weighted by molar-refractivity contribution is -0.159. The van der Waals surface area contributed by atoms with Crippen molar-refractivity contribution in [2.24, 2.45) is 0 Å². The van der Waals surface area contributed by atoms with Gasteiger partial charge in [-0.15, -0.1) is 0 Å². The molecule has 2 aliphatic rings. The predicted octanol–water partition coefficient (Wildman–Crippen LogP) is 1.69. The number of benzene rings is 1. The molecule has 1 aromatic carbocycles. The van der Waals surface area contributed by atoms with Gasteiger partial charge in [0.15, 0.2) is 5.60 Å². The van der Waals surface area contributed by atoms with Crippen LogP contribution in [-0.2, 0) is 9.53 Å². The maximum Gasteiger partial charge on any atom is 0.259 e. The first kappa shape index (κ1) is 21.5. The van der Waals surface area contributed by atoms with Gasteiger partial charge in [-0.05, 0) is 33.5 Å². The molecular formula is C23H30N4O4. The molecule has 4 rings (SSSR count). The van der Waals surface area contributed by atoms with Crippen molar-refractivity contribution in [1.29, 1.82) is 0 Å². The molecule has 3 heterocycles. The molecule has 0 N–H and O–H groups in total. The van der Waals surface area contributed by atoms with E-state index in [1.54, 1.807) is 18.7 Å². The van der Waals surface area contributed by atoms with Crippen LogP contribution in [0.15, 0.2) is 34.9 Å². The van der Waals surface area contributed by atoms with Crippen molar-refractivity contribution in [2.75, 3.05) is 53.4 Å². The van der Waals surface area contributed by atoms with Crippen LogP contribution in [0.4, 0.5) is 0 Å². The fraction of sp³-hybridized carbons (Fsp3) is 0.522. The molecule has 2 amide bonds. The van der Waals surface area contributed by atoms with Crippen molar-refractivity contribution < 1.29 is 18.8 Å². The van der Waals surface area contributed by atoms with Gasteiger partial charge in [-0.25, -0.2) is 0 Å². The van der Waals surface area contributed by atoms with Crippen LogP contribution in [0.1, 0.15) is 33.3 Å². The third-order valence-corrected chi connectivity index (χ3v) is 6.32. The number of likely N-dealkylation sites (N-methyl/N-ethyl adjacent to an activating group) is 1. The summed E-state index contributed by atoms with van der Waals surface area (Å²) in [4.78, 5) is 32.7. The minimum atomic E-state index is -1.08. The zero-order valence-electron chi connectivity index (χ0n) is 18.6. The first-order valence-corrected chi connectivity index (χ1v) is 10.7. The van der Waals surface area contributed by atoms with Gasteiger partial charge >= 0.3 is 0 Å². The first-order chi connectivity index (χ1) is 14.8. The number of aromatic nitrogens is 1. The lowest BCUT2D eigenvalue weighted by Crippen LogP contribution is -2.59. The van der Waals surface area contributed by atoms with Crippen LogP contribution in [0.5, 0.6) is 0 Å². The quantitative estimate of drug-likeness (QED) is 0.724. The van der Waals surface area contributed by atoms with E-state index in [1.807, 2.05) is 49.3 Å². The number of morpholine rings is 1. The number of likely N-dealkylation sites (tertiary alicyclic amines) is 1. The average Bonchev–Trinajstić information content (AvgIpc) is 3.23. The summed E-state index contributed by atoms with van der Waals surface area (Å²) in [5.74, 6) is 0.140. The lowest BCUT2D eigenvalue weighted by Gasteiger charge is -2.42. The van der Waals surface area contributed by atoms with Crippen molar-refractivity contribution in [3.8, 4) is 0 Å². The summed E-state index contributed by atoms with van der Waals surface area (Å²) in [5.41, 5.74) is 1.01. The maximum atomic E-state index is 13.7.